The van der Waals surface area contributed by atoms with E-state index in [1.165, 1.54) is 17.7 Å². The zero-order valence-electron chi connectivity index (χ0n) is 18.1. The van der Waals surface area contributed by atoms with Crippen LogP contribution in [0.3, 0.4) is 0 Å². The second-order valence-corrected chi connectivity index (χ2v) is 10.5. The van der Waals surface area contributed by atoms with Crippen molar-refractivity contribution in [3.63, 3.8) is 0 Å². The van der Waals surface area contributed by atoms with E-state index in [-0.39, 0.29) is 53.4 Å². The van der Waals surface area contributed by atoms with Gasteiger partial charge in [0.1, 0.15) is 0 Å². The molecule has 2 N–H and O–H groups in total. The van der Waals surface area contributed by atoms with Gasteiger partial charge in [-0.2, -0.15) is 4.31 Å². The predicted octanol–water partition coefficient (Wildman–Crippen LogP) is 2.29. The van der Waals surface area contributed by atoms with Crippen molar-refractivity contribution in [1.29, 1.82) is 0 Å². The molecule has 8 heteroatoms. The summed E-state index contributed by atoms with van der Waals surface area (Å²) in [6.07, 6.45) is 0.726. The third kappa shape index (κ3) is 5.51. The Bertz CT molecular complexity index is 1050. The summed E-state index contributed by atoms with van der Waals surface area (Å²) in [7, 11) is -3.85. The fourth-order valence-corrected chi connectivity index (χ4v) is 5.34. The molecule has 0 radical (unpaired) electrons. The highest BCUT2D eigenvalue weighted by Crippen LogP contribution is 2.28. The number of nitrogens with zero attached hydrogens (tertiary/aromatic N) is 1. The van der Waals surface area contributed by atoms with E-state index in [0.29, 0.717) is 0 Å². The molecular formula is C23H29N3O4S. The molecule has 0 spiro atoms. The minimum atomic E-state index is -3.85. The summed E-state index contributed by atoms with van der Waals surface area (Å²) in [5.74, 6) is -0.664. The van der Waals surface area contributed by atoms with Crippen molar-refractivity contribution in [3.8, 4) is 0 Å². The molecule has 1 fully saturated rings. The Morgan fingerprint density at radius 2 is 1.87 bits per heavy atom. The van der Waals surface area contributed by atoms with Crippen molar-refractivity contribution >= 4 is 21.8 Å². The summed E-state index contributed by atoms with van der Waals surface area (Å²) in [4.78, 5) is 24.4. The minimum Gasteiger partial charge on any atom is -0.354 e. The highest BCUT2D eigenvalue weighted by atomic mass is 32.2. The van der Waals surface area contributed by atoms with Crippen LogP contribution in [0.5, 0.6) is 0 Å². The standard InChI is InChI=1S/C23H29N3O4S/c1-17(15-23(2,3)19-9-5-4-6-10-19)25-22(28)18-8-7-11-20(14-18)31(29,30)26-13-12-24-21(27)16-26/h4-11,14,17H,12-13,15-16H2,1-3H3,(H,24,27)(H,25,28). The lowest BCUT2D eigenvalue weighted by Crippen LogP contribution is -2.49. The van der Waals surface area contributed by atoms with Crippen LogP contribution in [0.25, 0.3) is 0 Å². The Hall–Kier alpha value is -2.71. The number of piperazine rings is 1. The van der Waals surface area contributed by atoms with Crippen molar-refractivity contribution in [2.24, 2.45) is 0 Å². The molecule has 7 nitrogen and oxygen atoms in total. The minimum absolute atomic E-state index is 0.00659. The van der Waals surface area contributed by atoms with Crippen LogP contribution < -0.4 is 10.6 Å². The number of amides is 2. The molecule has 0 bridgehead atoms. The maximum atomic E-state index is 12.9. The van der Waals surface area contributed by atoms with Crippen LogP contribution in [0.4, 0.5) is 0 Å². The fraction of sp³-hybridized carbons (Fsp3) is 0.391. The van der Waals surface area contributed by atoms with Crippen LogP contribution >= 0.6 is 0 Å². The first-order valence-corrected chi connectivity index (χ1v) is 11.8. The van der Waals surface area contributed by atoms with E-state index in [9.17, 15) is 18.0 Å². The zero-order valence-corrected chi connectivity index (χ0v) is 18.9. The summed E-state index contributed by atoms with van der Waals surface area (Å²) in [6.45, 7) is 6.46. The third-order valence-corrected chi connectivity index (χ3v) is 7.33. The van der Waals surface area contributed by atoms with Gasteiger partial charge in [0.05, 0.1) is 11.4 Å². The quantitative estimate of drug-likeness (QED) is 0.686. The van der Waals surface area contributed by atoms with Gasteiger partial charge < -0.3 is 10.6 Å². The van der Waals surface area contributed by atoms with Crippen LogP contribution in [0.15, 0.2) is 59.5 Å². The topological polar surface area (TPSA) is 95.6 Å². The number of carbonyl (C=O) groups excluding carboxylic acids is 2. The van der Waals surface area contributed by atoms with Crippen molar-refractivity contribution in [2.75, 3.05) is 19.6 Å². The number of benzene rings is 2. The van der Waals surface area contributed by atoms with Gasteiger partial charge in [-0.15, -0.1) is 0 Å². The molecule has 3 rings (SSSR count). The third-order valence-electron chi connectivity index (χ3n) is 5.49. The van der Waals surface area contributed by atoms with Gasteiger partial charge in [0.2, 0.25) is 15.9 Å². The van der Waals surface area contributed by atoms with Crippen LogP contribution in [0.2, 0.25) is 0 Å². The molecule has 2 aromatic carbocycles. The van der Waals surface area contributed by atoms with E-state index in [1.807, 2.05) is 25.1 Å². The average molecular weight is 444 g/mol. The summed E-state index contributed by atoms with van der Waals surface area (Å²) in [5.41, 5.74) is 1.33. The lowest BCUT2D eigenvalue weighted by Gasteiger charge is -2.29. The van der Waals surface area contributed by atoms with Gasteiger partial charge in [-0.1, -0.05) is 50.2 Å². The van der Waals surface area contributed by atoms with Crippen LogP contribution in [-0.4, -0.2) is 50.2 Å². The molecule has 1 unspecified atom stereocenters. The molecule has 0 aliphatic carbocycles. The molecule has 1 heterocycles. The van der Waals surface area contributed by atoms with Crippen molar-refractivity contribution < 1.29 is 18.0 Å². The number of sulfonamides is 1. The highest BCUT2D eigenvalue weighted by Gasteiger charge is 2.30. The molecule has 2 amide bonds. The van der Waals surface area contributed by atoms with Gasteiger partial charge in [-0.05, 0) is 42.5 Å². The molecule has 166 valence electrons. The van der Waals surface area contributed by atoms with Gasteiger partial charge in [-0.25, -0.2) is 8.42 Å². The normalized spacial score (nSPS) is 16.4. The summed E-state index contributed by atoms with van der Waals surface area (Å²) >= 11 is 0. The highest BCUT2D eigenvalue weighted by molar-refractivity contribution is 7.89. The largest absolute Gasteiger partial charge is 0.354 e. The number of hydrogen-bond acceptors (Lipinski definition) is 4. The monoisotopic (exact) mass is 443 g/mol. The fourth-order valence-electron chi connectivity index (χ4n) is 3.90. The SMILES string of the molecule is CC(CC(C)(C)c1ccccc1)NC(=O)c1cccc(S(=O)(=O)N2CCNC(=O)C2)c1. The van der Waals surface area contributed by atoms with E-state index in [1.54, 1.807) is 12.1 Å². The first-order valence-electron chi connectivity index (χ1n) is 10.3. The lowest BCUT2D eigenvalue weighted by atomic mass is 9.79. The Morgan fingerprint density at radius 3 is 2.55 bits per heavy atom. The van der Waals surface area contributed by atoms with Crippen molar-refractivity contribution in [2.45, 2.75) is 43.5 Å². The molecular weight excluding hydrogens is 414 g/mol. The molecule has 0 aromatic heterocycles. The van der Waals surface area contributed by atoms with Crippen LogP contribution in [0.1, 0.15) is 43.1 Å². The number of rotatable bonds is 7. The Kier molecular flexibility index (Phi) is 6.81. The maximum Gasteiger partial charge on any atom is 0.251 e. The van der Waals surface area contributed by atoms with Crippen molar-refractivity contribution in [1.82, 2.24) is 14.9 Å². The number of nitrogens with one attached hydrogen (secondary N) is 2. The molecule has 2 aromatic rings. The Morgan fingerprint density at radius 1 is 1.16 bits per heavy atom. The number of carbonyl (C=O) groups is 2. The van der Waals surface area contributed by atoms with E-state index < -0.39 is 10.0 Å². The molecule has 0 saturated carbocycles. The molecule has 1 aliphatic heterocycles. The van der Waals surface area contributed by atoms with Gasteiger partial charge in [0.25, 0.3) is 5.91 Å². The first kappa shape index (κ1) is 23.0. The van der Waals surface area contributed by atoms with Crippen LogP contribution in [-0.2, 0) is 20.2 Å². The molecule has 1 atom stereocenters. The zero-order chi connectivity index (χ0) is 22.6. The predicted molar refractivity (Wildman–Crippen MR) is 119 cm³/mol. The first-order chi connectivity index (χ1) is 14.6. The summed E-state index contributed by atoms with van der Waals surface area (Å²) in [5, 5.41) is 5.58. The molecule has 31 heavy (non-hydrogen) atoms. The van der Waals surface area contributed by atoms with E-state index in [0.717, 1.165) is 10.7 Å². The second-order valence-electron chi connectivity index (χ2n) is 8.54. The van der Waals surface area contributed by atoms with Gasteiger partial charge in [0, 0.05) is 24.7 Å². The van der Waals surface area contributed by atoms with Crippen LogP contribution in [0, 0.1) is 0 Å². The Labute approximate surface area is 183 Å². The second kappa shape index (κ2) is 9.20. The molecule has 1 saturated heterocycles. The summed E-state index contributed by atoms with van der Waals surface area (Å²) in [6, 6.07) is 15.9. The molecule has 1 aliphatic rings. The summed E-state index contributed by atoms with van der Waals surface area (Å²) < 4.78 is 26.9. The Balaban J connectivity index is 1.70. The van der Waals surface area contributed by atoms with Gasteiger partial charge >= 0.3 is 0 Å². The van der Waals surface area contributed by atoms with Gasteiger partial charge in [0.15, 0.2) is 0 Å². The average Bonchev–Trinajstić information content (AvgIpc) is 2.74. The van der Waals surface area contributed by atoms with E-state index >= 15 is 0 Å². The van der Waals surface area contributed by atoms with E-state index in [4.69, 9.17) is 0 Å². The number of hydrogen-bond donors (Lipinski definition) is 2. The lowest BCUT2D eigenvalue weighted by molar-refractivity contribution is -0.122. The van der Waals surface area contributed by atoms with Crippen molar-refractivity contribution in [3.05, 3.63) is 65.7 Å². The maximum absolute atomic E-state index is 12.9. The smallest absolute Gasteiger partial charge is 0.251 e. The van der Waals surface area contributed by atoms with Gasteiger partial charge in [-0.3, -0.25) is 9.59 Å². The van der Waals surface area contributed by atoms with E-state index in [2.05, 4.69) is 36.6 Å².